The summed E-state index contributed by atoms with van der Waals surface area (Å²) < 4.78 is 0. The zero-order chi connectivity index (χ0) is 36.5. The van der Waals surface area contributed by atoms with E-state index in [4.69, 9.17) is 0 Å². The van der Waals surface area contributed by atoms with Crippen molar-refractivity contribution in [3.63, 3.8) is 0 Å². The van der Waals surface area contributed by atoms with Crippen LogP contribution in [0.3, 0.4) is 0 Å². The summed E-state index contributed by atoms with van der Waals surface area (Å²) in [6, 6.07) is 41.0. The van der Waals surface area contributed by atoms with Crippen LogP contribution in [0.5, 0.6) is 0 Å². The number of nitrogens with zero attached hydrogens (tertiary/aromatic N) is 2. The number of carbonyl (C=O) groups is 1. The van der Waals surface area contributed by atoms with Crippen molar-refractivity contribution in [2.24, 2.45) is 5.92 Å². The zero-order valence-electron chi connectivity index (χ0n) is 29.7. The van der Waals surface area contributed by atoms with Gasteiger partial charge in [-0.15, -0.1) is 11.3 Å². The van der Waals surface area contributed by atoms with Gasteiger partial charge in [0.25, 0.3) is 0 Å². The maximum absolute atomic E-state index is 11.4. The molecule has 2 unspecified atom stereocenters. The van der Waals surface area contributed by atoms with Crippen molar-refractivity contribution in [3.8, 4) is 17.2 Å². The van der Waals surface area contributed by atoms with Crippen LogP contribution in [0.4, 0.5) is 17.1 Å². The molecule has 3 aliphatic rings. The first-order valence-corrected chi connectivity index (χ1v) is 18.8. The number of carboxylic acids is 1. The molecule has 0 radical (unpaired) electrons. The number of nitriles is 1. The molecule has 2 atom stereocenters. The Morgan fingerprint density at radius 3 is 2.21 bits per heavy atom. The van der Waals surface area contributed by atoms with Crippen LogP contribution in [0, 0.1) is 17.2 Å². The van der Waals surface area contributed by atoms with Gasteiger partial charge >= 0.3 is 5.97 Å². The van der Waals surface area contributed by atoms with E-state index < -0.39 is 5.97 Å². The summed E-state index contributed by atoms with van der Waals surface area (Å²) in [5.41, 5.74) is 14.4. The average Bonchev–Trinajstić information content (AvgIpc) is 3.80. The Hall–Kier alpha value is -6.22. The number of allylic oxidation sites excluding steroid dienone is 10. The second-order valence-electron chi connectivity index (χ2n) is 13.8. The molecule has 0 saturated carbocycles. The number of fused-ring (bicyclic) bond motifs is 3. The molecular weight excluding hydrogens is 669 g/mol. The summed E-state index contributed by atoms with van der Waals surface area (Å²) in [5.74, 6) is -0.816. The van der Waals surface area contributed by atoms with E-state index in [9.17, 15) is 15.2 Å². The van der Waals surface area contributed by atoms with Gasteiger partial charge in [-0.1, -0.05) is 103 Å². The minimum atomic E-state index is -1.21. The number of hydrogen-bond donors (Lipinski definition) is 1. The fraction of sp³-hybridized carbons (Fsp3) is 0.125. The summed E-state index contributed by atoms with van der Waals surface area (Å²) in [7, 11) is 0. The normalized spacial score (nSPS) is 17.4. The van der Waals surface area contributed by atoms with Gasteiger partial charge in [0.15, 0.2) is 0 Å². The Labute approximate surface area is 315 Å². The fourth-order valence-electron chi connectivity index (χ4n) is 7.81. The molecule has 3 aliphatic carbocycles. The summed E-state index contributed by atoms with van der Waals surface area (Å²) in [6.07, 6.45) is 17.1. The third-order valence-electron chi connectivity index (χ3n) is 10.3. The molecule has 1 heterocycles. The smallest absolute Gasteiger partial charge is 0.346 e. The molecule has 1 N–H and O–H groups in total. The zero-order valence-corrected chi connectivity index (χ0v) is 30.5. The van der Waals surface area contributed by atoms with Crippen molar-refractivity contribution in [1.29, 1.82) is 5.26 Å². The number of anilines is 3. The summed E-state index contributed by atoms with van der Waals surface area (Å²) in [4.78, 5) is 15.6. The van der Waals surface area contributed by atoms with Crippen LogP contribution in [-0.4, -0.2) is 11.1 Å². The molecule has 0 amide bonds. The predicted molar refractivity (Wildman–Crippen MR) is 220 cm³/mol. The van der Waals surface area contributed by atoms with E-state index in [1.165, 1.54) is 61.9 Å². The number of rotatable bonds is 8. The highest BCUT2D eigenvalue weighted by molar-refractivity contribution is 7.14. The Kier molecular flexibility index (Phi) is 9.22. The molecule has 0 aliphatic heterocycles. The minimum Gasteiger partial charge on any atom is -0.477 e. The van der Waals surface area contributed by atoms with Crippen molar-refractivity contribution < 1.29 is 9.90 Å². The number of benzene rings is 4. The topological polar surface area (TPSA) is 64.3 Å². The minimum absolute atomic E-state index is 0.177. The Balaban J connectivity index is 1.17. The Morgan fingerprint density at radius 2 is 1.55 bits per heavy atom. The maximum Gasteiger partial charge on any atom is 0.346 e. The molecule has 0 spiro atoms. The van der Waals surface area contributed by atoms with E-state index in [1.807, 2.05) is 18.2 Å². The van der Waals surface area contributed by atoms with E-state index >= 15 is 0 Å². The standard InChI is InChI=1S/C48H38N2O2S/c1-31(2)47-44-28-36(46-26-23-41(53-46)27-37(30-49)48(51)52)17-24-42(44)43-25-22-40(29-45(43)47)50(38-18-13-34(14-19-38)32-9-5-3-6-10-32)39-20-15-35(16-21-39)33-11-7-4-8-12-33/h3-7,9-11,13-29,42,44H,8,12H2,1-2H3,(H,51,52)/b37-27+. The van der Waals surface area contributed by atoms with Crippen LogP contribution in [0.25, 0.3) is 33.9 Å². The number of thiophene rings is 1. The SMILES string of the molecule is CC(C)=C1c2cc(N(c3ccc(C4=CC=CCC4)cc3)c3ccc(-c4ccccc4)cc3)ccc2C2C=CC(c3ccc(/C=C(\C#N)C(=O)O)s3)=CC12. The Bertz CT molecular complexity index is 2450. The summed E-state index contributed by atoms with van der Waals surface area (Å²) in [5, 5.41) is 18.6. The van der Waals surface area contributed by atoms with Crippen molar-refractivity contribution >= 4 is 57.2 Å². The van der Waals surface area contributed by atoms with E-state index in [1.54, 1.807) is 6.07 Å². The molecule has 4 aromatic carbocycles. The molecule has 8 rings (SSSR count). The van der Waals surface area contributed by atoms with Gasteiger partial charge in [-0.25, -0.2) is 4.79 Å². The Morgan fingerprint density at radius 1 is 0.849 bits per heavy atom. The highest BCUT2D eigenvalue weighted by Crippen LogP contribution is 2.53. The molecule has 1 aromatic heterocycles. The van der Waals surface area contributed by atoms with Crippen LogP contribution in [0.15, 0.2) is 157 Å². The molecule has 53 heavy (non-hydrogen) atoms. The second-order valence-corrected chi connectivity index (χ2v) is 15.0. The summed E-state index contributed by atoms with van der Waals surface area (Å²) in [6.45, 7) is 4.41. The lowest BCUT2D eigenvalue weighted by Gasteiger charge is -2.27. The quantitative estimate of drug-likeness (QED) is 0.129. The lowest BCUT2D eigenvalue weighted by atomic mass is 9.83. The van der Waals surface area contributed by atoms with Gasteiger partial charge in [0.2, 0.25) is 0 Å². The first kappa shape index (κ1) is 33.9. The van der Waals surface area contributed by atoms with Gasteiger partial charge in [-0.05, 0) is 126 Å². The van der Waals surface area contributed by atoms with Crippen molar-refractivity contribution in [1.82, 2.24) is 0 Å². The van der Waals surface area contributed by atoms with E-state index in [-0.39, 0.29) is 17.4 Å². The van der Waals surface area contributed by atoms with Crippen LogP contribution < -0.4 is 4.90 Å². The summed E-state index contributed by atoms with van der Waals surface area (Å²) >= 11 is 1.50. The van der Waals surface area contributed by atoms with Gasteiger partial charge in [0, 0.05) is 38.7 Å². The fourth-order valence-corrected chi connectivity index (χ4v) is 8.77. The molecule has 5 aromatic rings. The van der Waals surface area contributed by atoms with E-state index in [2.05, 4.69) is 146 Å². The lowest BCUT2D eigenvalue weighted by Crippen LogP contribution is -2.10. The van der Waals surface area contributed by atoms with Crippen LogP contribution in [0.1, 0.15) is 59.1 Å². The van der Waals surface area contributed by atoms with Crippen LogP contribution >= 0.6 is 11.3 Å². The third-order valence-corrected chi connectivity index (χ3v) is 11.4. The number of aliphatic carboxylic acids is 1. The molecule has 0 fully saturated rings. The first-order chi connectivity index (χ1) is 25.9. The van der Waals surface area contributed by atoms with Gasteiger partial charge < -0.3 is 10.0 Å². The van der Waals surface area contributed by atoms with Crippen molar-refractivity contribution in [3.05, 3.63) is 183 Å². The molecule has 0 bridgehead atoms. The molecule has 5 heteroatoms. The molecule has 4 nitrogen and oxygen atoms in total. The van der Waals surface area contributed by atoms with E-state index in [0.29, 0.717) is 0 Å². The van der Waals surface area contributed by atoms with Crippen LogP contribution in [-0.2, 0) is 4.79 Å². The molecule has 0 saturated heterocycles. The largest absolute Gasteiger partial charge is 0.477 e. The van der Waals surface area contributed by atoms with E-state index in [0.717, 1.165) is 45.2 Å². The van der Waals surface area contributed by atoms with Crippen LogP contribution in [0.2, 0.25) is 0 Å². The predicted octanol–water partition coefficient (Wildman–Crippen LogP) is 12.8. The van der Waals surface area contributed by atoms with Gasteiger partial charge in [-0.3, -0.25) is 0 Å². The molecular formula is C48H38N2O2S. The van der Waals surface area contributed by atoms with Gasteiger partial charge in [0.05, 0.1) is 0 Å². The third kappa shape index (κ3) is 6.66. The molecule has 258 valence electrons. The lowest BCUT2D eigenvalue weighted by molar-refractivity contribution is -0.132. The maximum atomic E-state index is 11.4. The van der Waals surface area contributed by atoms with Gasteiger partial charge in [-0.2, -0.15) is 5.26 Å². The second kappa shape index (κ2) is 14.4. The highest BCUT2D eigenvalue weighted by Gasteiger charge is 2.37. The highest BCUT2D eigenvalue weighted by atomic mass is 32.1. The van der Waals surface area contributed by atoms with Gasteiger partial charge in [0.1, 0.15) is 11.6 Å². The first-order valence-electron chi connectivity index (χ1n) is 18.0. The monoisotopic (exact) mass is 706 g/mol. The van der Waals surface area contributed by atoms with Crippen molar-refractivity contribution in [2.45, 2.75) is 32.6 Å². The number of carboxylic acid groups (broad SMARTS) is 1. The average molecular weight is 707 g/mol. The number of hydrogen-bond acceptors (Lipinski definition) is 4. The van der Waals surface area contributed by atoms with Crippen molar-refractivity contribution in [2.75, 3.05) is 4.90 Å².